The van der Waals surface area contributed by atoms with E-state index in [1.807, 2.05) is 6.92 Å². The van der Waals surface area contributed by atoms with Gasteiger partial charge in [0, 0.05) is 12.8 Å². The van der Waals surface area contributed by atoms with Crippen molar-refractivity contribution in [1.82, 2.24) is 0 Å². The highest BCUT2D eigenvalue weighted by molar-refractivity contribution is 6.22. The molecule has 0 atom stereocenters. The van der Waals surface area contributed by atoms with Crippen molar-refractivity contribution in [2.24, 2.45) is 5.16 Å². The van der Waals surface area contributed by atoms with E-state index < -0.39 is 0 Å². The van der Waals surface area contributed by atoms with Crippen molar-refractivity contribution in [3.63, 3.8) is 0 Å². The molecule has 0 bridgehead atoms. The predicted octanol–water partition coefficient (Wildman–Crippen LogP) is 2.52. The van der Waals surface area contributed by atoms with Gasteiger partial charge in [-0.1, -0.05) is 24.7 Å². The number of oxime groups is 1. The van der Waals surface area contributed by atoms with E-state index in [0.29, 0.717) is 43.6 Å². The maximum Gasteiger partial charge on any atom is 0.168 e. The maximum absolute atomic E-state index is 11.7. The Bertz CT molecular complexity index is 342. The Morgan fingerprint density at radius 3 is 2.94 bits per heavy atom. The number of ketones is 1. The second-order valence-corrected chi connectivity index (χ2v) is 3.57. The lowest BCUT2D eigenvalue weighted by Gasteiger charge is -2.15. The first-order valence-corrected chi connectivity index (χ1v) is 5.46. The highest BCUT2D eigenvalue weighted by atomic mass is 16.6. The largest absolute Gasteiger partial charge is 0.511 e. The second kappa shape index (κ2) is 6.10. The van der Waals surface area contributed by atoms with Crippen LogP contribution in [-0.4, -0.2) is 23.2 Å². The SMILES string of the molecule is C=CCO/N=C(/CC)C1=C(O)CCCC1=O. The summed E-state index contributed by atoms with van der Waals surface area (Å²) in [6.45, 7) is 5.67. The zero-order valence-corrected chi connectivity index (χ0v) is 9.53. The third-order valence-corrected chi connectivity index (χ3v) is 2.38. The van der Waals surface area contributed by atoms with Crippen molar-refractivity contribution in [2.45, 2.75) is 32.6 Å². The van der Waals surface area contributed by atoms with Crippen molar-refractivity contribution in [1.29, 1.82) is 0 Å². The number of carbonyl (C=O) groups excluding carboxylic acids is 1. The molecule has 0 fully saturated rings. The van der Waals surface area contributed by atoms with Crippen LogP contribution in [0.15, 0.2) is 29.1 Å². The summed E-state index contributed by atoms with van der Waals surface area (Å²) in [5.41, 5.74) is 0.863. The molecule has 4 heteroatoms. The molecule has 0 aromatic rings. The molecule has 1 aliphatic carbocycles. The van der Waals surface area contributed by atoms with E-state index in [9.17, 15) is 9.90 Å². The lowest BCUT2D eigenvalue weighted by atomic mass is 9.92. The molecular formula is C12H17NO3. The minimum Gasteiger partial charge on any atom is -0.511 e. The quantitative estimate of drug-likeness (QED) is 0.337. The first-order valence-electron chi connectivity index (χ1n) is 5.46. The summed E-state index contributed by atoms with van der Waals surface area (Å²) >= 11 is 0. The molecule has 0 saturated carbocycles. The van der Waals surface area contributed by atoms with Gasteiger partial charge in [-0.15, -0.1) is 0 Å². The Kier molecular flexibility index (Phi) is 4.76. The number of aliphatic hydroxyl groups excluding tert-OH is 1. The summed E-state index contributed by atoms with van der Waals surface area (Å²) in [5.74, 6) is 0.0885. The molecule has 0 aliphatic heterocycles. The van der Waals surface area contributed by atoms with Crippen LogP contribution in [-0.2, 0) is 9.63 Å². The van der Waals surface area contributed by atoms with Gasteiger partial charge >= 0.3 is 0 Å². The van der Waals surface area contributed by atoms with Crippen LogP contribution in [0.3, 0.4) is 0 Å². The fourth-order valence-corrected chi connectivity index (χ4v) is 1.61. The summed E-state index contributed by atoms with van der Waals surface area (Å²) < 4.78 is 0. The first kappa shape index (κ1) is 12.5. The van der Waals surface area contributed by atoms with Crippen molar-refractivity contribution >= 4 is 11.5 Å². The number of hydrogen-bond acceptors (Lipinski definition) is 4. The summed E-state index contributed by atoms with van der Waals surface area (Å²) in [6.07, 6.45) is 3.86. The van der Waals surface area contributed by atoms with Crippen LogP contribution >= 0.6 is 0 Å². The number of hydrogen-bond donors (Lipinski definition) is 1. The van der Waals surface area contributed by atoms with E-state index in [-0.39, 0.29) is 11.5 Å². The lowest BCUT2D eigenvalue weighted by Crippen LogP contribution is -2.19. The van der Waals surface area contributed by atoms with Crippen molar-refractivity contribution in [3.05, 3.63) is 24.0 Å². The Hall–Kier alpha value is -1.58. The summed E-state index contributed by atoms with van der Waals surface area (Å²) in [5, 5.41) is 13.6. The van der Waals surface area contributed by atoms with Gasteiger partial charge in [0.05, 0.1) is 11.3 Å². The van der Waals surface area contributed by atoms with Gasteiger partial charge in [-0.3, -0.25) is 4.79 Å². The molecule has 0 aromatic heterocycles. The molecule has 0 saturated heterocycles. The number of aliphatic hydroxyl groups is 1. The van der Waals surface area contributed by atoms with Crippen molar-refractivity contribution in [3.8, 4) is 0 Å². The van der Waals surface area contributed by atoms with Gasteiger partial charge < -0.3 is 9.94 Å². The van der Waals surface area contributed by atoms with E-state index in [0.717, 1.165) is 0 Å². The standard InChI is InChI=1S/C12H17NO3/c1-3-8-16-13-9(4-2)12-10(14)6-5-7-11(12)15/h3,14H,1,4-8H2,2H3/b13-9-. The zero-order valence-electron chi connectivity index (χ0n) is 9.53. The molecule has 0 amide bonds. The van der Waals surface area contributed by atoms with Crippen molar-refractivity contribution < 1.29 is 14.7 Å². The minimum atomic E-state index is -0.0495. The minimum absolute atomic E-state index is 0.0495. The monoisotopic (exact) mass is 223 g/mol. The molecule has 0 spiro atoms. The van der Waals surface area contributed by atoms with Gasteiger partial charge in [0.1, 0.15) is 12.4 Å². The van der Waals surface area contributed by atoms with Crippen LogP contribution in [0, 0.1) is 0 Å². The number of Topliss-reactive ketones (excluding diaryl/α,β-unsaturated/α-hetero) is 1. The average molecular weight is 223 g/mol. The highest BCUT2D eigenvalue weighted by Crippen LogP contribution is 2.22. The molecule has 0 aromatic carbocycles. The highest BCUT2D eigenvalue weighted by Gasteiger charge is 2.24. The van der Waals surface area contributed by atoms with Crippen molar-refractivity contribution in [2.75, 3.05) is 6.61 Å². The van der Waals surface area contributed by atoms with Gasteiger partial charge in [-0.05, 0) is 12.8 Å². The third-order valence-electron chi connectivity index (χ3n) is 2.38. The molecule has 4 nitrogen and oxygen atoms in total. The van der Waals surface area contributed by atoms with E-state index in [4.69, 9.17) is 4.84 Å². The molecule has 0 unspecified atom stereocenters. The van der Waals surface area contributed by atoms with Crippen LogP contribution in [0.1, 0.15) is 32.6 Å². The molecule has 1 aliphatic rings. The summed E-state index contributed by atoms with van der Waals surface area (Å²) in [4.78, 5) is 16.6. The molecule has 16 heavy (non-hydrogen) atoms. The smallest absolute Gasteiger partial charge is 0.168 e. The molecule has 88 valence electrons. The Balaban J connectivity index is 2.89. The average Bonchev–Trinajstić information content (AvgIpc) is 2.26. The van der Waals surface area contributed by atoms with Crippen LogP contribution in [0.25, 0.3) is 0 Å². The Labute approximate surface area is 95.3 Å². The Morgan fingerprint density at radius 2 is 2.38 bits per heavy atom. The first-order chi connectivity index (χ1) is 7.70. The van der Waals surface area contributed by atoms with Crippen LogP contribution in [0.2, 0.25) is 0 Å². The topological polar surface area (TPSA) is 58.9 Å². The maximum atomic E-state index is 11.7. The van der Waals surface area contributed by atoms with Gasteiger partial charge in [-0.2, -0.15) is 0 Å². The van der Waals surface area contributed by atoms with E-state index in [1.54, 1.807) is 6.08 Å². The number of allylic oxidation sites excluding steroid dienone is 2. The molecule has 1 rings (SSSR count). The van der Waals surface area contributed by atoms with Gasteiger partial charge in [-0.25, -0.2) is 0 Å². The van der Waals surface area contributed by atoms with E-state index in [2.05, 4.69) is 11.7 Å². The van der Waals surface area contributed by atoms with E-state index >= 15 is 0 Å². The van der Waals surface area contributed by atoms with Gasteiger partial charge in [0.15, 0.2) is 5.78 Å². The molecular weight excluding hydrogens is 206 g/mol. The molecule has 1 N–H and O–H groups in total. The summed E-state index contributed by atoms with van der Waals surface area (Å²) in [7, 11) is 0. The zero-order chi connectivity index (χ0) is 12.0. The molecule has 0 radical (unpaired) electrons. The number of nitrogens with zero attached hydrogens (tertiary/aromatic N) is 1. The van der Waals surface area contributed by atoms with E-state index in [1.165, 1.54) is 0 Å². The van der Waals surface area contributed by atoms with Gasteiger partial charge in [0.2, 0.25) is 0 Å². The second-order valence-electron chi connectivity index (χ2n) is 3.57. The van der Waals surface area contributed by atoms with Crippen LogP contribution < -0.4 is 0 Å². The predicted molar refractivity (Wildman–Crippen MR) is 62.4 cm³/mol. The normalized spacial score (nSPS) is 17.6. The molecule has 0 heterocycles. The Morgan fingerprint density at radius 1 is 1.62 bits per heavy atom. The number of rotatable bonds is 5. The van der Waals surface area contributed by atoms with Gasteiger partial charge in [0.25, 0.3) is 0 Å². The number of carbonyl (C=O) groups is 1. The summed E-state index contributed by atoms with van der Waals surface area (Å²) in [6, 6.07) is 0. The third kappa shape index (κ3) is 2.95. The fourth-order valence-electron chi connectivity index (χ4n) is 1.61. The van der Waals surface area contributed by atoms with Crippen LogP contribution in [0.4, 0.5) is 0 Å². The lowest BCUT2D eigenvalue weighted by molar-refractivity contribution is -0.115. The fraction of sp³-hybridized carbons (Fsp3) is 0.500. The van der Waals surface area contributed by atoms with Crippen LogP contribution in [0.5, 0.6) is 0 Å².